The van der Waals surface area contributed by atoms with Crippen molar-refractivity contribution in [2.24, 2.45) is 5.73 Å². The van der Waals surface area contributed by atoms with E-state index in [1.54, 1.807) is 0 Å². The molecule has 0 aliphatic rings. The van der Waals surface area contributed by atoms with Crippen LogP contribution in [0.2, 0.25) is 0 Å². The zero-order chi connectivity index (χ0) is 11.7. The molecule has 0 spiro atoms. The van der Waals surface area contributed by atoms with Gasteiger partial charge in [-0.2, -0.15) is 0 Å². The first-order valence-corrected chi connectivity index (χ1v) is 5.14. The molecule has 15 heavy (non-hydrogen) atoms. The van der Waals surface area contributed by atoms with E-state index in [0.29, 0.717) is 12.8 Å². The van der Waals surface area contributed by atoms with Crippen LogP contribution in [0.15, 0.2) is 0 Å². The topological polar surface area (TPSA) is 81.4 Å². The first kappa shape index (κ1) is 13.9. The molecule has 5 nitrogen and oxygen atoms in total. The Hall–Kier alpha value is -1.10. The summed E-state index contributed by atoms with van der Waals surface area (Å²) in [6.07, 6.45) is 2.46. The highest BCUT2D eigenvalue weighted by Gasteiger charge is 2.07. The molecular weight excluding hydrogens is 196 g/mol. The number of carbonyl (C=O) groups is 2. The van der Waals surface area contributed by atoms with Crippen LogP contribution >= 0.6 is 0 Å². The Bertz CT molecular complexity index is 207. The third-order valence-corrected chi connectivity index (χ3v) is 2.04. The molecule has 0 aromatic rings. The Balaban J connectivity index is 3.35. The van der Waals surface area contributed by atoms with Crippen molar-refractivity contribution in [3.05, 3.63) is 0 Å². The normalized spacial score (nSPS) is 12.1. The first-order valence-electron chi connectivity index (χ1n) is 5.14. The van der Waals surface area contributed by atoms with Gasteiger partial charge in [-0.1, -0.05) is 0 Å². The smallest absolute Gasteiger partial charge is 0.307 e. The highest BCUT2D eigenvalue weighted by Crippen LogP contribution is 1.96. The fourth-order valence-corrected chi connectivity index (χ4v) is 1.18. The van der Waals surface area contributed by atoms with Crippen LogP contribution in [0.25, 0.3) is 0 Å². The minimum absolute atomic E-state index is 0.103. The predicted octanol–water partition coefficient (Wildman–Crippen LogP) is 0.183. The average Bonchev–Trinajstić information content (AvgIpc) is 2.16. The van der Waals surface area contributed by atoms with Gasteiger partial charge in [-0.3, -0.25) is 9.59 Å². The summed E-state index contributed by atoms with van der Waals surface area (Å²) < 4.78 is 4.54. The molecule has 0 aliphatic heterocycles. The van der Waals surface area contributed by atoms with Gasteiger partial charge in [0, 0.05) is 12.5 Å². The maximum Gasteiger partial charge on any atom is 0.307 e. The number of unbranched alkanes of at least 4 members (excludes halogenated alkanes) is 1. The van der Waals surface area contributed by atoms with Crippen molar-refractivity contribution < 1.29 is 14.3 Å². The summed E-state index contributed by atoms with van der Waals surface area (Å²) in [6.45, 7) is 2.70. The van der Waals surface area contributed by atoms with Crippen LogP contribution in [0.3, 0.4) is 0 Å². The SMILES string of the molecule is COC(=O)CC(C)NCCCCC(N)=O. The Morgan fingerprint density at radius 2 is 2.07 bits per heavy atom. The van der Waals surface area contributed by atoms with Gasteiger partial charge in [0.05, 0.1) is 13.5 Å². The Morgan fingerprint density at radius 3 is 2.60 bits per heavy atom. The summed E-state index contributed by atoms with van der Waals surface area (Å²) in [7, 11) is 1.38. The Kier molecular flexibility index (Phi) is 7.62. The minimum Gasteiger partial charge on any atom is -0.469 e. The molecule has 0 radical (unpaired) electrons. The molecule has 0 bridgehead atoms. The van der Waals surface area contributed by atoms with Crippen molar-refractivity contribution in [3.8, 4) is 0 Å². The number of hydrogen-bond acceptors (Lipinski definition) is 4. The molecule has 0 heterocycles. The number of hydrogen-bond donors (Lipinski definition) is 2. The summed E-state index contributed by atoms with van der Waals surface area (Å²) in [6, 6.07) is 0.103. The summed E-state index contributed by atoms with van der Waals surface area (Å²) in [4.78, 5) is 21.3. The van der Waals surface area contributed by atoms with Crippen LogP contribution < -0.4 is 11.1 Å². The van der Waals surface area contributed by atoms with Crippen molar-refractivity contribution in [1.82, 2.24) is 5.32 Å². The van der Waals surface area contributed by atoms with E-state index in [1.807, 2.05) is 6.92 Å². The van der Waals surface area contributed by atoms with Crippen LogP contribution in [0.4, 0.5) is 0 Å². The number of rotatable bonds is 8. The summed E-state index contributed by atoms with van der Waals surface area (Å²) in [5.41, 5.74) is 5.00. The van der Waals surface area contributed by atoms with Gasteiger partial charge in [0.1, 0.15) is 0 Å². The van der Waals surface area contributed by atoms with Crippen LogP contribution in [0.1, 0.15) is 32.6 Å². The lowest BCUT2D eigenvalue weighted by atomic mass is 10.2. The van der Waals surface area contributed by atoms with Gasteiger partial charge in [-0.25, -0.2) is 0 Å². The van der Waals surface area contributed by atoms with Crippen molar-refractivity contribution >= 4 is 11.9 Å². The number of methoxy groups -OCH3 is 1. The number of carbonyl (C=O) groups excluding carboxylic acids is 2. The molecule has 0 fully saturated rings. The maximum atomic E-state index is 10.9. The fourth-order valence-electron chi connectivity index (χ4n) is 1.18. The molecule has 0 aliphatic carbocycles. The second-order valence-corrected chi connectivity index (χ2v) is 3.56. The van der Waals surface area contributed by atoms with Gasteiger partial charge in [-0.05, 0) is 26.3 Å². The third kappa shape index (κ3) is 9.21. The van der Waals surface area contributed by atoms with Crippen molar-refractivity contribution in [1.29, 1.82) is 0 Å². The van der Waals surface area contributed by atoms with E-state index in [2.05, 4.69) is 10.1 Å². The van der Waals surface area contributed by atoms with E-state index in [0.717, 1.165) is 19.4 Å². The number of ether oxygens (including phenoxy) is 1. The predicted molar refractivity (Wildman–Crippen MR) is 57.1 cm³/mol. The van der Waals surface area contributed by atoms with Crippen LogP contribution in [0.5, 0.6) is 0 Å². The van der Waals surface area contributed by atoms with E-state index >= 15 is 0 Å². The van der Waals surface area contributed by atoms with Gasteiger partial charge >= 0.3 is 5.97 Å². The van der Waals surface area contributed by atoms with Gasteiger partial charge < -0.3 is 15.8 Å². The maximum absolute atomic E-state index is 10.9. The molecule has 3 N–H and O–H groups in total. The second kappa shape index (κ2) is 8.23. The molecule has 88 valence electrons. The van der Waals surface area contributed by atoms with Crippen molar-refractivity contribution in [2.45, 2.75) is 38.6 Å². The molecule has 0 saturated heterocycles. The molecule has 0 saturated carbocycles. The van der Waals surface area contributed by atoms with E-state index in [4.69, 9.17) is 5.73 Å². The quantitative estimate of drug-likeness (QED) is 0.448. The molecule has 0 rings (SSSR count). The Morgan fingerprint density at radius 1 is 1.40 bits per heavy atom. The van der Waals surface area contributed by atoms with Crippen LogP contribution in [-0.2, 0) is 14.3 Å². The van der Waals surface area contributed by atoms with Gasteiger partial charge in [0.15, 0.2) is 0 Å². The summed E-state index contributed by atoms with van der Waals surface area (Å²) in [5.74, 6) is -0.482. The zero-order valence-corrected chi connectivity index (χ0v) is 9.41. The van der Waals surface area contributed by atoms with E-state index in [1.165, 1.54) is 7.11 Å². The molecule has 1 amide bonds. The molecule has 1 unspecified atom stereocenters. The van der Waals surface area contributed by atoms with E-state index < -0.39 is 0 Å². The highest BCUT2D eigenvalue weighted by atomic mass is 16.5. The van der Waals surface area contributed by atoms with Gasteiger partial charge in [0.2, 0.25) is 5.91 Å². The molecule has 0 aromatic carbocycles. The molecule has 1 atom stereocenters. The largest absolute Gasteiger partial charge is 0.469 e. The van der Waals surface area contributed by atoms with E-state index in [9.17, 15) is 9.59 Å². The molecule has 0 aromatic heterocycles. The zero-order valence-electron chi connectivity index (χ0n) is 9.41. The van der Waals surface area contributed by atoms with Crippen molar-refractivity contribution in [2.75, 3.05) is 13.7 Å². The Labute approximate surface area is 90.4 Å². The van der Waals surface area contributed by atoms with Gasteiger partial charge in [-0.15, -0.1) is 0 Å². The van der Waals surface area contributed by atoms with Crippen LogP contribution in [0, 0.1) is 0 Å². The summed E-state index contributed by atoms with van der Waals surface area (Å²) in [5, 5.41) is 3.17. The monoisotopic (exact) mass is 216 g/mol. The van der Waals surface area contributed by atoms with Crippen molar-refractivity contribution in [3.63, 3.8) is 0 Å². The van der Waals surface area contributed by atoms with Gasteiger partial charge in [0.25, 0.3) is 0 Å². The number of nitrogens with one attached hydrogen (secondary N) is 1. The number of esters is 1. The lowest BCUT2D eigenvalue weighted by Gasteiger charge is -2.11. The number of nitrogens with two attached hydrogens (primary N) is 1. The lowest BCUT2D eigenvalue weighted by molar-refractivity contribution is -0.141. The average molecular weight is 216 g/mol. The van der Waals surface area contributed by atoms with Crippen LogP contribution in [-0.4, -0.2) is 31.6 Å². The second-order valence-electron chi connectivity index (χ2n) is 3.56. The fraction of sp³-hybridized carbons (Fsp3) is 0.800. The minimum atomic E-state index is -0.266. The number of amides is 1. The lowest BCUT2D eigenvalue weighted by Crippen LogP contribution is -2.29. The molecular formula is C10H20N2O3. The summed E-state index contributed by atoms with van der Waals surface area (Å²) >= 11 is 0. The third-order valence-electron chi connectivity index (χ3n) is 2.04. The molecule has 5 heteroatoms. The van der Waals surface area contributed by atoms with E-state index in [-0.39, 0.29) is 17.9 Å². The first-order chi connectivity index (χ1) is 7.06. The highest BCUT2D eigenvalue weighted by molar-refractivity contribution is 5.73. The standard InChI is InChI=1S/C10H20N2O3/c1-8(7-10(14)15-2)12-6-4-3-5-9(11)13/h8,12H,3-7H2,1-2H3,(H2,11,13). The number of primary amides is 1.